The van der Waals surface area contributed by atoms with Gasteiger partial charge in [-0.05, 0) is 30.2 Å². The van der Waals surface area contributed by atoms with Crippen molar-refractivity contribution in [3.05, 3.63) is 69.7 Å². The molecular weight excluding hydrogens is 413 g/mol. The van der Waals surface area contributed by atoms with Crippen LogP contribution in [0.4, 0.5) is 0 Å². The van der Waals surface area contributed by atoms with Gasteiger partial charge in [0.05, 0.1) is 5.52 Å². The smallest absolute Gasteiger partial charge is 0.408 e. The van der Waals surface area contributed by atoms with Gasteiger partial charge in [0.1, 0.15) is 0 Å². The molecule has 0 bridgehead atoms. The van der Waals surface area contributed by atoms with Crippen molar-refractivity contribution in [1.82, 2.24) is 9.47 Å². The Morgan fingerprint density at radius 1 is 1.17 bits per heavy atom. The van der Waals surface area contributed by atoms with Crippen LogP contribution in [-0.2, 0) is 11.3 Å². The summed E-state index contributed by atoms with van der Waals surface area (Å²) in [6.07, 6.45) is 0.232. The number of fused-ring (bicyclic) bond motifs is 1. The fraction of sp³-hybridized carbons (Fsp3) is 0.333. The molecule has 1 saturated heterocycles. The van der Waals surface area contributed by atoms with Gasteiger partial charge in [0.25, 0.3) is 0 Å². The number of hydrogen-bond donors (Lipinski definition) is 1. The van der Waals surface area contributed by atoms with Gasteiger partial charge in [-0.2, -0.15) is 0 Å². The van der Waals surface area contributed by atoms with Crippen LogP contribution < -0.4 is 11.5 Å². The van der Waals surface area contributed by atoms with E-state index in [-0.39, 0.29) is 43.1 Å². The van der Waals surface area contributed by atoms with E-state index in [2.05, 4.69) is 12.1 Å². The number of hydrogen-bond acceptors (Lipinski definition) is 4. The minimum atomic E-state index is -0.478. The summed E-state index contributed by atoms with van der Waals surface area (Å²) in [6.45, 7) is 2.11. The van der Waals surface area contributed by atoms with Crippen molar-refractivity contribution < 1.29 is 9.21 Å². The fourth-order valence-electron chi connectivity index (χ4n) is 4.01. The van der Waals surface area contributed by atoms with E-state index in [1.807, 2.05) is 23.1 Å². The molecule has 1 aliphatic rings. The first-order valence-corrected chi connectivity index (χ1v) is 9.76. The first-order valence-electron chi connectivity index (χ1n) is 9.38. The molecule has 3 aromatic rings. The highest BCUT2D eigenvalue weighted by atomic mass is 35.5. The fourth-order valence-corrected chi connectivity index (χ4v) is 4.17. The Balaban J connectivity index is 0.00000240. The normalized spacial score (nSPS) is 18.8. The van der Waals surface area contributed by atoms with Gasteiger partial charge in [0.2, 0.25) is 5.91 Å². The van der Waals surface area contributed by atoms with Gasteiger partial charge in [-0.1, -0.05) is 41.9 Å². The Hall–Kier alpha value is -2.28. The molecule has 6 nitrogen and oxygen atoms in total. The highest BCUT2D eigenvalue weighted by molar-refractivity contribution is 6.31. The zero-order valence-corrected chi connectivity index (χ0v) is 17.4. The predicted octanol–water partition coefficient (Wildman–Crippen LogP) is 3.26. The molecule has 2 heterocycles. The molecule has 0 spiro atoms. The number of nitrogens with zero attached hydrogens (tertiary/aromatic N) is 2. The van der Waals surface area contributed by atoms with Gasteiger partial charge in [-0.25, -0.2) is 4.79 Å². The van der Waals surface area contributed by atoms with Crippen molar-refractivity contribution >= 4 is 41.0 Å². The van der Waals surface area contributed by atoms with Crippen molar-refractivity contribution in [3.63, 3.8) is 0 Å². The summed E-state index contributed by atoms with van der Waals surface area (Å²) in [5.74, 6) is 0.0290. The van der Waals surface area contributed by atoms with E-state index in [0.717, 1.165) is 0 Å². The molecule has 2 aromatic carbocycles. The van der Waals surface area contributed by atoms with E-state index < -0.39 is 5.76 Å². The lowest BCUT2D eigenvalue weighted by Crippen LogP contribution is -2.31. The molecule has 1 aliphatic heterocycles. The second-order valence-electron chi connectivity index (χ2n) is 7.19. The lowest BCUT2D eigenvalue weighted by Gasteiger charge is -2.17. The number of carbonyl (C=O) groups excluding carboxylic acids is 1. The summed E-state index contributed by atoms with van der Waals surface area (Å²) in [5.41, 5.74) is 8.25. The molecule has 1 aromatic heterocycles. The monoisotopic (exact) mass is 435 g/mol. The predicted molar refractivity (Wildman–Crippen MR) is 116 cm³/mol. The van der Waals surface area contributed by atoms with Crippen molar-refractivity contribution in [2.24, 2.45) is 11.7 Å². The van der Waals surface area contributed by atoms with Gasteiger partial charge in [0.15, 0.2) is 5.58 Å². The van der Waals surface area contributed by atoms with Crippen molar-refractivity contribution in [3.8, 4) is 0 Å². The standard InChI is InChI=1S/C21H22ClN3O3.ClH/c22-16-6-7-18-19(10-16)28-21(27)25(18)9-8-20(26)24-12-15(11-23)17(13-24)14-4-2-1-3-5-14;/h1-7,10,15,17H,8-9,11-13,23H2;1H/t15-,17+;/m1./s1. The number of carbonyl (C=O) groups is 1. The summed E-state index contributed by atoms with van der Waals surface area (Å²) in [6, 6.07) is 15.2. The third-order valence-electron chi connectivity index (χ3n) is 5.50. The molecule has 0 radical (unpaired) electrons. The third kappa shape index (κ3) is 4.34. The average Bonchev–Trinajstić information content (AvgIpc) is 3.27. The van der Waals surface area contributed by atoms with Crippen LogP contribution in [0.15, 0.2) is 57.7 Å². The van der Waals surface area contributed by atoms with Crippen LogP contribution in [-0.4, -0.2) is 35.0 Å². The van der Waals surface area contributed by atoms with E-state index in [1.54, 1.807) is 18.2 Å². The molecule has 0 saturated carbocycles. The second kappa shape index (κ2) is 9.03. The zero-order chi connectivity index (χ0) is 19.7. The van der Waals surface area contributed by atoms with Crippen LogP contribution in [0.3, 0.4) is 0 Å². The topological polar surface area (TPSA) is 81.5 Å². The van der Waals surface area contributed by atoms with Crippen LogP contribution in [0.25, 0.3) is 11.1 Å². The Labute approximate surface area is 179 Å². The summed E-state index contributed by atoms with van der Waals surface area (Å²) >= 11 is 5.94. The van der Waals surface area contributed by atoms with E-state index >= 15 is 0 Å². The maximum Gasteiger partial charge on any atom is 0.419 e. The minimum absolute atomic E-state index is 0. The first-order chi connectivity index (χ1) is 13.6. The van der Waals surface area contributed by atoms with E-state index in [1.165, 1.54) is 10.1 Å². The van der Waals surface area contributed by atoms with Gasteiger partial charge in [-0.15, -0.1) is 12.4 Å². The average molecular weight is 436 g/mol. The lowest BCUT2D eigenvalue weighted by atomic mass is 9.89. The van der Waals surface area contributed by atoms with Crippen LogP contribution in [0, 0.1) is 5.92 Å². The van der Waals surface area contributed by atoms with Crippen LogP contribution in [0.2, 0.25) is 5.02 Å². The zero-order valence-electron chi connectivity index (χ0n) is 15.8. The van der Waals surface area contributed by atoms with E-state index in [0.29, 0.717) is 35.8 Å². The van der Waals surface area contributed by atoms with Crippen molar-refractivity contribution in [1.29, 1.82) is 0 Å². The van der Waals surface area contributed by atoms with Gasteiger partial charge in [-0.3, -0.25) is 9.36 Å². The maximum absolute atomic E-state index is 12.8. The molecule has 8 heteroatoms. The maximum atomic E-state index is 12.8. The number of oxazole rings is 1. The Kier molecular flexibility index (Phi) is 6.67. The van der Waals surface area contributed by atoms with E-state index in [9.17, 15) is 9.59 Å². The Bertz CT molecular complexity index is 1050. The molecular formula is C21H23Cl2N3O3. The summed E-state index contributed by atoms with van der Waals surface area (Å²) in [7, 11) is 0. The summed E-state index contributed by atoms with van der Waals surface area (Å²) in [4.78, 5) is 26.8. The molecule has 1 fully saturated rings. The highest BCUT2D eigenvalue weighted by Crippen LogP contribution is 2.32. The molecule has 2 atom stereocenters. The number of aromatic nitrogens is 1. The Morgan fingerprint density at radius 2 is 1.93 bits per heavy atom. The van der Waals surface area contributed by atoms with Crippen molar-refractivity contribution in [2.45, 2.75) is 18.9 Å². The quantitative estimate of drug-likeness (QED) is 0.666. The van der Waals surface area contributed by atoms with Crippen molar-refractivity contribution in [2.75, 3.05) is 19.6 Å². The number of amides is 1. The minimum Gasteiger partial charge on any atom is -0.408 e. The molecule has 154 valence electrons. The highest BCUT2D eigenvalue weighted by Gasteiger charge is 2.35. The number of nitrogens with two attached hydrogens (primary N) is 1. The number of benzene rings is 2. The largest absolute Gasteiger partial charge is 0.419 e. The molecule has 4 rings (SSSR count). The molecule has 0 unspecified atom stereocenters. The summed E-state index contributed by atoms with van der Waals surface area (Å²) in [5, 5.41) is 0.501. The third-order valence-corrected chi connectivity index (χ3v) is 5.74. The molecule has 1 amide bonds. The van der Waals surface area contributed by atoms with Crippen LogP contribution >= 0.6 is 24.0 Å². The molecule has 2 N–H and O–H groups in total. The Morgan fingerprint density at radius 3 is 2.66 bits per heavy atom. The molecule has 0 aliphatic carbocycles. The number of halogens is 2. The van der Waals surface area contributed by atoms with Gasteiger partial charge in [0, 0.05) is 43.1 Å². The molecule has 29 heavy (non-hydrogen) atoms. The number of rotatable bonds is 5. The summed E-state index contributed by atoms with van der Waals surface area (Å²) < 4.78 is 6.71. The van der Waals surface area contributed by atoms with Gasteiger partial charge >= 0.3 is 5.76 Å². The number of likely N-dealkylation sites (tertiary alicyclic amines) is 1. The SMILES string of the molecule is Cl.NC[C@@H]1CN(C(=O)CCn2c(=O)oc3cc(Cl)ccc32)C[C@H]1c1ccccc1. The lowest BCUT2D eigenvalue weighted by molar-refractivity contribution is -0.130. The van der Waals surface area contributed by atoms with Gasteiger partial charge < -0.3 is 15.1 Å². The van der Waals surface area contributed by atoms with Crippen LogP contribution in [0.5, 0.6) is 0 Å². The van der Waals surface area contributed by atoms with E-state index in [4.69, 9.17) is 21.8 Å². The van der Waals surface area contributed by atoms with Crippen LogP contribution in [0.1, 0.15) is 17.9 Å². The first kappa shape index (κ1) is 21.4. The second-order valence-corrected chi connectivity index (χ2v) is 7.63. The number of aryl methyl sites for hydroxylation is 1.